The summed E-state index contributed by atoms with van der Waals surface area (Å²) in [5.74, 6) is 0.698. The lowest BCUT2D eigenvalue weighted by Gasteiger charge is -2.13. The summed E-state index contributed by atoms with van der Waals surface area (Å²) in [6.07, 6.45) is 8.21. The van der Waals surface area contributed by atoms with E-state index in [0.29, 0.717) is 12.1 Å². The lowest BCUT2D eigenvalue weighted by molar-refractivity contribution is 0.0951. The lowest BCUT2D eigenvalue weighted by Crippen LogP contribution is -2.23. The highest BCUT2D eigenvalue weighted by Gasteiger charge is 2.16. The molecule has 2 heterocycles. The molecule has 0 aliphatic carbocycles. The Kier molecular flexibility index (Phi) is 6.54. The molecule has 6 heteroatoms. The summed E-state index contributed by atoms with van der Waals surface area (Å²) >= 11 is 0. The Morgan fingerprint density at radius 2 is 1.88 bits per heavy atom. The molecular weight excluding hydrogens is 412 g/mol. The van der Waals surface area contributed by atoms with E-state index in [1.165, 1.54) is 0 Å². The molecule has 168 valence electrons. The van der Waals surface area contributed by atoms with E-state index in [1.807, 2.05) is 69.0 Å². The van der Waals surface area contributed by atoms with Gasteiger partial charge in [-0.3, -0.25) is 14.5 Å². The normalized spacial score (nSPS) is 10.8. The van der Waals surface area contributed by atoms with Crippen LogP contribution in [-0.2, 0) is 20.0 Å². The second kappa shape index (κ2) is 9.69. The number of carbonyl (C=O) groups excluding carboxylic acids is 1. The molecule has 0 aliphatic rings. The Labute approximate surface area is 194 Å². The minimum absolute atomic E-state index is 0.144. The zero-order chi connectivity index (χ0) is 23.4. The van der Waals surface area contributed by atoms with Gasteiger partial charge in [-0.25, -0.2) is 0 Å². The maximum absolute atomic E-state index is 13.4. The van der Waals surface area contributed by atoms with E-state index in [-0.39, 0.29) is 5.91 Å². The third-order valence-corrected chi connectivity index (χ3v) is 5.67. The largest absolute Gasteiger partial charge is 0.496 e. The quantitative estimate of drug-likeness (QED) is 0.441. The van der Waals surface area contributed by atoms with Crippen LogP contribution in [0.1, 0.15) is 34.0 Å². The van der Waals surface area contributed by atoms with Crippen LogP contribution in [0.25, 0.3) is 22.3 Å². The number of aromatic nitrogens is 3. The van der Waals surface area contributed by atoms with Gasteiger partial charge in [0.05, 0.1) is 13.3 Å². The van der Waals surface area contributed by atoms with Crippen molar-refractivity contribution in [1.29, 1.82) is 0 Å². The van der Waals surface area contributed by atoms with Gasteiger partial charge in [0.2, 0.25) is 0 Å². The summed E-state index contributed by atoms with van der Waals surface area (Å²) in [6.45, 7) is 4.50. The van der Waals surface area contributed by atoms with Crippen LogP contribution in [0.4, 0.5) is 0 Å². The van der Waals surface area contributed by atoms with Gasteiger partial charge in [0, 0.05) is 48.9 Å². The number of methoxy groups -OCH3 is 1. The molecule has 0 saturated carbocycles. The molecule has 6 nitrogen and oxygen atoms in total. The number of hydrogen-bond acceptors (Lipinski definition) is 4. The van der Waals surface area contributed by atoms with Crippen LogP contribution >= 0.6 is 0 Å². The van der Waals surface area contributed by atoms with Crippen molar-refractivity contribution in [1.82, 2.24) is 20.1 Å². The van der Waals surface area contributed by atoms with Crippen molar-refractivity contribution < 1.29 is 9.53 Å². The number of amides is 1. The van der Waals surface area contributed by atoms with Crippen LogP contribution in [0.2, 0.25) is 0 Å². The molecule has 0 fully saturated rings. The highest BCUT2D eigenvalue weighted by molar-refractivity contribution is 6.02. The molecule has 4 aromatic rings. The van der Waals surface area contributed by atoms with Gasteiger partial charge in [0.1, 0.15) is 5.75 Å². The van der Waals surface area contributed by atoms with Crippen molar-refractivity contribution in [3.63, 3.8) is 0 Å². The minimum atomic E-state index is -0.144. The summed E-state index contributed by atoms with van der Waals surface area (Å²) in [7, 11) is 3.53. The number of ether oxygens (including phenoxy) is 1. The second-order valence-corrected chi connectivity index (χ2v) is 8.10. The summed E-state index contributed by atoms with van der Waals surface area (Å²) in [6, 6.07) is 14.0. The second-order valence-electron chi connectivity index (χ2n) is 8.10. The van der Waals surface area contributed by atoms with Gasteiger partial charge in [0.15, 0.2) is 0 Å². The van der Waals surface area contributed by atoms with Crippen LogP contribution in [0.3, 0.4) is 0 Å². The highest BCUT2D eigenvalue weighted by atomic mass is 16.5. The molecule has 0 aliphatic heterocycles. The summed E-state index contributed by atoms with van der Waals surface area (Å²) in [4.78, 5) is 17.7. The van der Waals surface area contributed by atoms with Crippen LogP contribution < -0.4 is 10.1 Å². The average Bonchev–Trinajstić information content (AvgIpc) is 3.28. The Hall–Kier alpha value is -3.93. The SMILES string of the molecule is CCc1ccc(CNC(=O)c2cc(-c3cncc(C)c3)ccc2-c2cnn(C)c2)cc1OC. The molecule has 0 atom stereocenters. The Balaban J connectivity index is 1.66. The third kappa shape index (κ3) is 4.95. The van der Waals surface area contributed by atoms with Crippen molar-refractivity contribution >= 4 is 5.91 Å². The number of nitrogens with zero attached hydrogens (tertiary/aromatic N) is 3. The molecule has 0 saturated heterocycles. The fourth-order valence-electron chi connectivity index (χ4n) is 3.91. The number of benzene rings is 2. The van der Waals surface area contributed by atoms with E-state index in [0.717, 1.165) is 51.1 Å². The van der Waals surface area contributed by atoms with Crippen molar-refractivity contribution in [2.75, 3.05) is 7.11 Å². The fourth-order valence-corrected chi connectivity index (χ4v) is 3.91. The van der Waals surface area contributed by atoms with Gasteiger partial charge >= 0.3 is 0 Å². The van der Waals surface area contributed by atoms with E-state index in [1.54, 1.807) is 18.0 Å². The Bertz CT molecular complexity index is 1290. The summed E-state index contributed by atoms with van der Waals surface area (Å²) in [5.41, 5.74) is 7.44. The Morgan fingerprint density at radius 1 is 1.03 bits per heavy atom. The van der Waals surface area contributed by atoms with Crippen LogP contribution in [-0.4, -0.2) is 27.8 Å². The predicted octanol–water partition coefficient (Wildman–Crippen LogP) is 4.96. The predicted molar refractivity (Wildman–Crippen MR) is 130 cm³/mol. The number of pyridine rings is 1. The van der Waals surface area contributed by atoms with Gasteiger partial charge in [-0.15, -0.1) is 0 Å². The molecule has 1 N–H and O–H groups in total. The van der Waals surface area contributed by atoms with Crippen LogP contribution in [0.5, 0.6) is 5.75 Å². The van der Waals surface area contributed by atoms with Gasteiger partial charge in [-0.1, -0.05) is 31.2 Å². The first-order chi connectivity index (χ1) is 16.0. The molecule has 0 bridgehead atoms. The molecule has 4 rings (SSSR count). The van der Waals surface area contributed by atoms with Gasteiger partial charge in [-0.2, -0.15) is 5.10 Å². The average molecular weight is 441 g/mol. The first kappa shape index (κ1) is 22.3. The molecule has 0 radical (unpaired) electrons. The first-order valence-electron chi connectivity index (χ1n) is 11.0. The van der Waals surface area contributed by atoms with Crippen LogP contribution in [0.15, 0.2) is 67.3 Å². The van der Waals surface area contributed by atoms with E-state index in [9.17, 15) is 4.79 Å². The molecular formula is C27H28N4O2. The van der Waals surface area contributed by atoms with Gasteiger partial charge in [-0.05, 0) is 59.4 Å². The van der Waals surface area contributed by atoms with Crippen molar-refractivity contribution in [2.24, 2.45) is 7.05 Å². The number of aryl methyl sites for hydroxylation is 3. The molecule has 33 heavy (non-hydrogen) atoms. The highest BCUT2D eigenvalue weighted by Crippen LogP contribution is 2.29. The smallest absolute Gasteiger partial charge is 0.252 e. The van der Waals surface area contributed by atoms with Gasteiger partial charge in [0.25, 0.3) is 5.91 Å². The van der Waals surface area contributed by atoms with E-state index in [2.05, 4.69) is 28.4 Å². The minimum Gasteiger partial charge on any atom is -0.496 e. The van der Waals surface area contributed by atoms with Crippen molar-refractivity contribution in [3.8, 4) is 28.0 Å². The summed E-state index contributed by atoms with van der Waals surface area (Å²) < 4.78 is 7.23. The maximum Gasteiger partial charge on any atom is 0.252 e. The standard InChI is InChI=1S/C27H28N4O2/c1-5-20-7-6-19(11-26(20)33-4)14-29-27(32)25-12-21(22-10-18(2)13-28-15-22)8-9-24(25)23-16-30-31(3)17-23/h6-13,15-17H,5,14H2,1-4H3,(H,29,32). The number of hydrogen-bond donors (Lipinski definition) is 1. The Morgan fingerprint density at radius 3 is 2.58 bits per heavy atom. The van der Waals surface area contributed by atoms with E-state index in [4.69, 9.17) is 4.74 Å². The van der Waals surface area contributed by atoms with Crippen molar-refractivity contribution in [2.45, 2.75) is 26.8 Å². The van der Waals surface area contributed by atoms with Gasteiger partial charge < -0.3 is 10.1 Å². The fraction of sp³-hybridized carbons (Fsp3) is 0.222. The topological polar surface area (TPSA) is 69.0 Å². The molecule has 2 aromatic carbocycles. The van der Waals surface area contributed by atoms with Crippen molar-refractivity contribution in [3.05, 3.63) is 89.5 Å². The zero-order valence-electron chi connectivity index (χ0n) is 19.4. The number of nitrogens with one attached hydrogen (secondary N) is 1. The third-order valence-electron chi connectivity index (χ3n) is 5.67. The molecule has 1 amide bonds. The molecule has 0 unspecified atom stereocenters. The lowest BCUT2D eigenvalue weighted by atomic mass is 9.96. The van der Waals surface area contributed by atoms with E-state index < -0.39 is 0 Å². The summed E-state index contributed by atoms with van der Waals surface area (Å²) in [5, 5.41) is 7.35. The van der Waals surface area contributed by atoms with E-state index >= 15 is 0 Å². The zero-order valence-corrected chi connectivity index (χ0v) is 19.4. The molecule has 0 spiro atoms. The number of carbonyl (C=O) groups is 1. The first-order valence-corrected chi connectivity index (χ1v) is 11.0. The molecule has 2 aromatic heterocycles. The van der Waals surface area contributed by atoms with Crippen LogP contribution in [0, 0.1) is 6.92 Å². The number of rotatable bonds is 7. The maximum atomic E-state index is 13.4. The monoisotopic (exact) mass is 440 g/mol.